The summed E-state index contributed by atoms with van der Waals surface area (Å²) in [6, 6.07) is 10.7. The monoisotopic (exact) mass is 474 g/mol. The Morgan fingerprint density at radius 1 is 1.12 bits per heavy atom. The molecule has 12 heteroatoms. The Hall–Kier alpha value is -3.48. The molecule has 3 heterocycles. The van der Waals surface area contributed by atoms with Crippen molar-refractivity contribution < 1.29 is 31.9 Å². The predicted molar refractivity (Wildman–Crippen MR) is 115 cm³/mol. The Balaban J connectivity index is 1.31. The van der Waals surface area contributed by atoms with Crippen LogP contribution in [0.4, 0.5) is 5.69 Å². The van der Waals surface area contributed by atoms with Gasteiger partial charge in [0.1, 0.15) is 5.76 Å². The van der Waals surface area contributed by atoms with Crippen LogP contribution in [-0.2, 0) is 30.8 Å². The average molecular weight is 474 g/mol. The fourth-order valence-electron chi connectivity index (χ4n) is 3.20. The molecule has 3 aromatic rings. The van der Waals surface area contributed by atoms with Crippen molar-refractivity contribution in [1.29, 1.82) is 0 Å². The number of sulfonamides is 1. The molecule has 0 aliphatic carbocycles. The summed E-state index contributed by atoms with van der Waals surface area (Å²) in [5.74, 6) is -0.940. The lowest BCUT2D eigenvalue weighted by molar-refractivity contribution is -0.119. The van der Waals surface area contributed by atoms with Gasteiger partial charge in [0, 0.05) is 31.2 Å². The third-order valence-electron chi connectivity index (χ3n) is 4.80. The maximum atomic E-state index is 12.8. The van der Waals surface area contributed by atoms with Crippen LogP contribution in [0, 0.1) is 0 Å². The molecule has 4 rings (SSSR count). The Morgan fingerprint density at radius 2 is 1.94 bits per heavy atom. The molecule has 0 spiro atoms. The van der Waals surface area contributed by atoms with Crippen molar-refractivity contribution in [1.82, 2.24) is 14.1 Å². The van der Waals surface area contributed by atoms with Crippen molar-refractivity contribution >= 4 is 27.6 Å². The van der Waals surface area contributed by atoms with Crippen molar-refractivity contribution in [2.45, 2.75) is 11.4 Å². The third-order valence-corrected chi connectivity index (χ3v) is 6.69. The highest BCUT2D eigenvalue weighted by Crippen LogP contribution is 2.20. The summed E-state index contributed by atoms with van der Waals surface area (Å²) >= 11 is 0. The van der Waals surface area contributed by atoms with Gasteiger partial charge in [0.25, 0.3) is 5.91 Å². The van der Waals surface area contributed by atoms with E-state index in [0.29, 0.717) is 25.5 Å². The number of benzene rings is 1. The summed E-state index contributed by atoms with van der Waals surface area (Å²) in [6.45, 7) is 0.998. The van der Waals surface area contributed by atoms with Crippen molar-refractivity contribution in [3.8, 4) is 0 Å². The van der Waals surface area contributed by atoms with Crippen LogP contribution in [0.25, 0.3) is 0 Å². The number of hydrogen-bond donors (Lipinski definition) is 1. The molecule has 1 amide bonds. The van der Waals surface area contributed by atoms with E-state index in [4.69, 9.17) is 13.9 Å². The molecule has 174 valence electrons. The average Bonchev–Trinajstić information content (AvgIpc) is 3.51. The Labute approximate surface area is 189 Å². The highest BCUT2D eigenvalue weighted by molar-refractivity contribution is 7.89. The van der Waals surface area contributed by atoms with Crippen molar-refractivity contribution in [3.63, 3.8) is 0 Å². The molecule has 0 saturated carbocycles. The number of esters is 1. The number of anilines is 1. The first-order valence-electron chi connectivity index (χ1n) is 10.1. The van der Waals surface area contributed by atoms with E-state index in [1.165, 1.54) is 28.6 Å². The van der Waals surface area contributed by atoms with E-state index in [-0.39, 0.29) is 29.4 Å². The van der Waals surface area contributed by atoms with Gasteiger partial charge in [-0.3, -0.25) is 9.48 Å². The van der Waals surface area contributed by atoms with Gasteiger partial charge < -0.3 is 19.2 Å². The summed E-state index contributed by atoms with van der Waals surface area (Å²) < 4.78 is 44.1. The van der Waals surface area contributed by atoms with Crippen LogP contribution < -0.4 is 5.32 Å². The third kappa shape index (κ3) is 5.66. The minimum atomic E-state index is -3.70. The van der Waals surface area contributed by atoms with Gasteiger partial charge >= 0.3 is 5.97 Å². The van der Waals surface area contributed by atoms with Gasteiger partial charge in [0.05, 0.1) is 24.7 Å². The maximum Gasteiger partial charge on any atom is 0.374 e. The molecular weight excluding hydrogens is 452 g/mol. The largest absolute Gasteiger partial charge is 0.452 e. The lowest BCUT2D eigenvalue weighted by atomic mass is 10.3. The summed E-state index contributed by atoms with van der Waals surface area (Å²) in [5.41, 5.74) is 0.268. The SMILES string of the molecule is O=C(COC(=O)c1ccc(Cn2cccn2)o1)Nc1cccc(S(=O)(=O)N2CCOCC2)c1. The Kier molecular flexibility index (Phi) is 6.87. The first kappa shape index (κ1) is 22.7. The molecule has 1 fully saturated rings. The number of hydrogen-bond acceptors (Lipinski definition) is 8. The molecule has 0 bridgehead atoms. The van der Waals surface area contributed by atoms with Crippen LogP contribution >= 0.6 is 0 Å². The summed E-state index contributed by atoms with van der Waals surface area (Å²) in [5, 5.41) is 6.59. The second-order valence-electron chi connectivity index (χ2n) is 7.14. The minimum Gasteiger partial charge on any atom is -0.452 e. The molecule has 2 aromatic heterocycles. The highest BCUT2D eigenvalue weighted by Gasteiger charge is 2.26. The van der Waals surface area contributed by atoms with E-state index < -0.39 is 28.5 Å². The first-order chi connectivity index (χ1) is 15.9. The number of nitrogens with zero attached hydrogens (tertiary/aromatic N) is 3. The fourth-order valence-corrected chi connectivity index (χ4v) is 4.65. The topological polar surface area (TPSA) is 133 Å². The van der Waals surface area contributed by atoms with Crippen LogP contribution in [0.15, 0.2) is 64.2 Å². The molecular formula is C21H22N4O7S. The number of aromatic nitrogens is 2. The number of morpholine rings is 1. The van der Waals surface area contributed by atoms with Crippen LogP contribution in [-0.4, -0.2) is 67.3 Å². The first-order valence-corrected chi connectivity index (χ1v) is 11.6. The number of ether oxygens (including phenoxy) is 2. The number of rotatable bonds is 8. The van der Waals surface area contributed by atoms with E-state index in [2.05, 4.69) is 10.4 Å². The van der Waals surface area contributed by atoms with Crippen molar-refractivity contribution in [2.75, 3.05) is 38.2 Å². The van der Waals surface area contributed by atoms with Gasteiger partial charge in [0.2, 0.25) is 15.8 Å². The fraction of sp³-hybridized carbons (Fsp3) is 0.286. The van der Waals surface area contributed by atoms with E-state index in [0.717, 1.165) is 0 Å². The number of nitrogens with one attached hydrogen (secondary N) is 1. The lowest BCUT2D eigenvalue weighted by Gasteiger charge is -2.26. The number of carbonyl (C=O) groups is 2. The van der Waals surface area contributed by atoms with Crippen molar-refractivity contribution in [2.24, 2.45) is 0 Å². The predicted octanol–water partition coefficient (Wildman–Crippen LogP) is 1.34. The molecule has 1 aliphatic rings. The molecule has 0 unspecified atom stereocenters. The quantitative estimate of drug-likeness (QED) is 0.484. The molecule has 1 aliphatic heterocycles. The van der Waals surface area contributed by atoms with Gasteiger partial charge in [0.15, 0.2) is 6.61 Å². The summed E-state index contributed by atoms with van der Waals surface area (Å²) in [6.07, 6.45) is 3.39. The highest BCUT2D eigenvalue weighted by atomic mass is 32.2. The Morgan fingerprint density at radius 3 is 2.70 bits per heavy atom. The van der Waals surface area contributed by atoms with Crippen LogP contribution in [0.1, 0.15) is 16.3 Å². The zero-order valence-corrected chi connectivity index (χ0v) is 18.4. The second kappa shape index (κ2) is 9.98. The van der Waals surface area contributed by atoms with Crippen molar-refractivity contribution in [3.05, 3.63) is 66.4 Å². The van der Waals surface area contributed by atoms with E-state index in [1.807, 2.05) is 0 Å². The smallest absolute Gasteiger partial charge is 0.374 e. The van der Waals surface area contributed by atoms with Crippen LogP contribution in [0.3, 0.4) is 0 Å². The standard InChI is InChI=1S/C21H22N4O7S/c26-20(15-31-21(27)19-6-5-17(32-19)14-24-8-2-7-22-24)23-16-3-1-4-18(13-16)33(28,29)25-9-11-30-12-10-25/h1-8,13H,9-12,14-15H2,(H,23,26). The van der Waals surface area contributed by atoms with Gasteiger partial charge in [-0.1, -0.05) is 6.07 Å². The molecule has 1 aromatic carbocycles. The number of carbonyl (C=O) groups excluding carboxylic acids is 2. The van der Waals surface area contributed by atoms with E-state index >= 15 is 0 Å². The molecule has 11 nitrogen and oxygen atoms in total. The van der Waals surface area contributed by atoms with Gasteiger partial charge in [-0.15, -0.1) is 0 Å². The molecule has 0 radical (unpaired) electrons. The lowest BCUT2D eigenvalue weighted by Crippen LogP contribution is -2.40. The molecule has 0 atom stereocenters. The summed E-state index contributed by atoms with van der Waals surface area (Å²) in [7, 11) is -3.70. The van der Waals surface area contributed by atoms with Gasteiger partial charge in [-0.25, -0.2) is 13.2 Å². The number of furan rings is 1. The second-order valence-corrected chi connectivity index (χ2v) is 9.08. The summed E-state index contributed by atoms with van der Waals surface area (Å²) in [4.78, 5) is 24.4. The zero-order chi connectivity index (χ0) is 23.3. The van der Waals surface area contributed by atoms with Gasteiger partial charge in [-0.2, -0.15) is 9.40 Å². The number of amides is 1. The molecule has 1 saturated heterocycles. The normalized spacial score (nSPS) is 14.7. The van der Waals surface area contributed by atoms with Crippen LogP contribution in [0.2, 0.25) is 0 Å². The molecule has 1 N–H and O–H groups in total. The van der Waals surface area contributed by atoms with E-state index in [9.17, 15) is 18.0 Å². The molecule has 33 heavy (non-hydrogen) atoms. The van der Waals surface area contributed by atoms with E-state index in [1.54, 1.807) is 35.3 Å². The zero-order valence-electron chi connectivity index (χ0n) is 17.5. The van der Waals surface area contributed by atoms with Crippen LogP contribution in [0.5, 0.6) is 0 Å². The van der Waals surface area contributed by atoms with Gasteiger partial charge in [-0.05, 0) is 36.4 Å². The Bertz CT molecular complexity index is 1210. The minimum absolute atomic E-state index is 0.0384. The maximum absolute atomic E-state index is 12.8.